The summed E-state index contributed by atoms with van der Waals surface area (Å²) in [5.74, 6) is -0.264. The second kappa shape index (κ2) is 6.27. The normalized spacial score (nSPS) is 18.5. The number of aromatic nitrogens is 2. The summed E-state index contributed by atoms with van der Waals surface area (Å²) in [4.78, 5) is 14.1. The van der Waals surface area contributed by atoms with E-state index in [0.29, 0.717) is 19.7 Å². The summed E-state index contributed by atoms with van der Waals surface area (Å²) in [6.45, 7) is 3.69. The maximum absolute atomic E-state index is 13.0. The van der Waals surface area contributed by atoms with Crippen LogP contribution in [0.1, 0.15) is 17.2 Å². The molecule has 1 aliphatic rings. The van der Waals surface area contributed by atoms with Gasteiger partial charge < -0.3 is 9.64 Å². The molecule has 6 heteroatoms. The first kappa shape index (κ1) is 14.7. The molecule has 1 amide bonds. The molecule has 1 aromatic carbocycles. The molecule has 2 aromatic rings. The smallest absolute Gasteiger partial charge is 0.244 e. The van der Waals surface area contributed by atoms with Crippen molar-refractivity contribution in [3.63, 3.8) is 0 Å². The van der Waals surface area contributed by atoms with E-state index in [4.69, 9.17) is 4.74 Å². The average Bonchev–Trinajstić information content (AvgIpc) is 2.93. The van der Waals surface area contributed by atoms with Gasteiger partial charge in [-0.2, -0.15) is 5.10 Å². The lowest BCUT2D eigenvalue weighted by Gasteiger charge is -2.33. The van der Waals surface area contributed by atoms with E-state index >= 15 is 0 Å². The van der Waals surface area contributed by atoms with Crippen molar-refractivity contribution < 1.29 is 13.9 Å². The number of morpholine rings is 1. The summed E-state index contributed by atoms with van der Waals surface area (Å²) in [5.41, 5.74) is 1.91. The number of rotatable bonds is 3. The Kier molecular flexibility index (Phi) is 4.20. The summed E-state index contributed by atoms with van der Waals surface area (Å²) < 4.78 is 20.3. The van der Waals surface area contributed by atoms with Crippen molar-refractivity contribution in [2.24, 2.45) is 0 Å². The lowest BCUT2D eigenvalue weighted by molar-refractivity contribution is -0.139. The molecule has 0 aliphatic carbocycles. The van der Waals surface area contributed by atoms with Crippen LogP contribution in [0, 0.1) is 12.7 Å². The molecule has 0 saturated carbocycles. The number of amides is 1. The summed E-state index contributed by atoms with van der Waals surface area (Å²) >= 11 is 0. The van der Waals surface area contributed by atoms with Crippen LogP contribution in [0.5, 0.6) is 0 Å². The van der Waals surface area contributed by atoms with Crippen LogP contribution in [0.15, 0.2) is 36.7 Å². The quantitative estimate of drug-likeness (QED) is 0.870. The van der Waals surface area contributed by atoms with Crippen LogP contribution in [0.25, 0.3) is 0 Å². The van der Waals surface area contributed by atoms with Crippen molar-refractivity contribution in [3.8, 4) is 0 Å². The first-order valence-electron chi connectivity index (χ1n) is 7.26. The molecule has 0 radical (unpaired) electrons. The molecule has 3 rings (SSSR count). The first-order chi connectivity index (χ1) is 10.6. The van der Waals surface area contributed by atoms with Gasteiger partial charge in [-0.1, -0.05) is 12.1 Å². The monoisotopic (exact) mass is 303 g/mol. The number of hydrogen-bond donors (Lipinski definition) is 0. The van der Waals surface area contributed by atoms with Crippen LogP contribution in [0.3, 0.4) is 0 Å². The largest absolute Gasteiger partial charge is 0.370 e. The number of halogens is 1. The standard InChI is InChI=1S/C16H18FN3O2/c1-12-8-18-20(9-12)11-16(21)19-6-7-22-15(10-19)13-2-4-14(17)5-3-13/h2-5,8-9,15H,6-7,10-11H2,1H3/t15-/m0/s1. The van der Waals surface area contributed by atoms with Gasteiger partial charge in [-0.05, 0) is 30.2 Å². The molecule has 0 unspecified atom stereocenters. The average molecular weight is 303 g/mol. The van der Waals surface area contributed by atoms with Crippen molar-refractivity contribution in [1.82, 2.24) is 14.7 Å². The molecule has 1 saturated heterocycles. The number of nitrogens with zero attached hydrogens (tertiary/aromatic N) is 3. The van der Waals surface area contributed by atoms with E-state index in [1.54, 1.807) is 27.9 Å². The molecule has 116 valence electrons. The lowest BCUT2D eigenvalue weighted by Crippen LogP contribution is -2.43. The minimum atomic E-state index is -0.276. The van der Waals surface area contributed by atoms with E-state index in [-0.39, 0.29) is 24.4 Å². The van der Waals surface area contributed by atoms with Gasteiger partial charge in [0.15, 0.2) is 0 Å². The third-order valence-corrected chi connectivity index (χ3v) is 3.72. The maximum Gasteiger partial charge on any atom is 0.244 e. The number of aryl methyl sites for hydroxylation is 1. The van der Waals surface area contributed by atoms with Gasteiger partial charge in [0.1, 0.15) is 18.5 Å². The summed E-state index contributed by atoms with van der Waals surface area (Å²) in [5, 5.41) is 4.13. The number of hydrogen-bond acceptors (Lipinski definition) is 3. The zero-order chi connectivity index (χ0) is 15.5. The highest BCUT2D eigenvalue weighted by atomic mass is 19.1. The van der Waals surface area contributed by atoms with Gasteiger partial charge in [-0.15, -0.1) is 0 Å². The van der Waals surface area contributed by atoms with Gasteiger partial charge in [0.2, 0.25) is 5.91 Å². The third kappa shape index (κ3) is 3.33. The molecule has 2 heterocycles. The molecule has 1 aliphatic heterocycles. The SMILES string of the molecule is Cc1cnn(CC(=O)N2CCO[C@H](c3ccc(F)cc3)C2)c1. The molecule has 22 heavy (non-hydrogen) atoms. The molecule has 1 aromatic heterocycles. The minimum Gasteiger partial charge on any atom is -0.370 e. The highest BCUT2D eigenvalue weighted by Crippen LogP contribution is 2.22. The number of ether oxygens (including phenoxy) is 1. The van der Waals surface area contributed by atoms with E-state index in [0.717, 1.165) is 11.1 Å². The fourth-order valence-electron chi connectivity index (χ4n) is 2.55. The molecule has 5 nitrogen and oxygen atoms in total. The molecule has 0 bridgehead atoms. The molecule has 1 atom stereocenters. The molecular weight excluding hydrogens is 285 g/mol. The fraction of sp³-hybridized carbons (Fsp3) is 0.375. The Morgan fingerprint density at radius 3 is 2.86 bits per heavy atom. The van der Waals surface area contributed by atoms with Gasteiger partial charge in [-0.3, -0.25) is 9.48 Å². The predicted octanol–water partition coefficient (Wildman–Crippen LogP) is 1.93. The van der Waals surface area contributed by atoms with Crippen molar-refractivity contribution in [2.45, 2.75) is 19.6 Å². The minimum absolute atomic E-state index is 0.0125. The van der Waals surface area contributed by atoms with Crippen LogP contribution >= 0.6 is 0 Å². The highest BCUT2D eigenvalue weighted by molar-refractivity contribution is 5.76. The van der Waals surface area contributed by atoms with Gasteiger partial charge >= 0.3 is 0 Å². The van der Waals surface area contributed by atoms with E-state index in [1.807, 2.05) is 13.1 Å². The van der Waals surface area contributed by atoms with E-state index in [2.05, 4.69) is 5.10 Å². The van der Waals surface area contributed by atoms with Gasteiger partial charge in [0.05, 0.1) is 19.3 Å². The fourth-order valence-corrected chi connectivity index (χ4v) is 2.55. The second-order valence-corrected chi connectivity index (χ2v) is 5.47. The Morgan fingerprint density at radius 1 is 1.41 bits per heavy atom. The number of carbonyl (C=O) groups is 1. The predicted molar refractivity (Wildman–Crippen MR) is 78.6 cm³/mol. The van der Waals surface area contributed by atoms with Crippen LogP contribution in [-0.2, 0) is 16.1 Å². The summed E-state index contributed by atoms with van der Waals surface area (Å²) in [6, 6.07) is 6.22. The zero-order valence-electron chi connectivity index (χ0n) is 12.4. The van der Waals surface area contributed by atoms with Crippen LogP contribution in [-0.4, -0.2) is 40.3 Å². The van der Waals surface area contributed by atoms with E-state index < -0.39 is 0 Å². The van der Waals surface area contributed by atoms with Crippen LogP contribution in [0.2, 0.25) is 0 Å². The van der Waals surface area contributed by atoms with Crippen molar-refractivity contribution in [3.05, 3.63) is 53.6 Å². The Balaban J connectivity index is 1.64. The molecule has 1 fully saturated rings. The van der Waals surface area contributed by atoms with E-state index in [1.165, 1.54) is 12.1 Å². The van der Waals surface area contributed by atoms with Crippen LogP contribution < -0.4 is 0 Å². The Morgan fingerprint density at radius 2 is 2.18 bits per heavy atom. The van der Waals surface area contributed by atoms with E-state index in [9.17, 15) is 9.18 Å². The summed E-state index contributed by atoms with van der Waals surface area (Å²) in [7, 11) is 0. The number of carbonyl (C=O) groups excluding carboxylic acids is 1. The Bertz CT molecular complexity index is 654. The number of benzene rings is 1. The molecule has 0 spiro atoms. The summed E-state index contributed by atoms with van der Waals surface area (Å²) in [6.07, 6.45) is 3.36. The molecule has 0 N–H and O–H groups in total. The van der Waals surface area contributed by atoms with Crippen molar-refractivity contribution in [1.29, 1.82) is 0 Å². The highest BCUT2D eigenvalue weighted by Gasteiger charge is 2.25. The zero-order valence-corrected chi connectivity index (χ0v) is 12.4. The topological polar surface area (TPSA) is 47.4 Å². The second-order valence-electron chi connectivity index (χ2n) is 5.47. The Labute approximate surface area is 128 Å². The molecular formula is C16H18FN3O2. The van der Waals surface area contributed by atoms with Crippen molar-refractivity contribution >= 4 is 5.91 Å². The van der Waals surface area contributed by atoms with Gasteiger partial charge in [-0.25, -0.2) is 4.39 Å². The van der Waals surface area contributed by atoms with Gasteiger partial charge in [0, 0.05) is 12.7 Å². The maximum atomic E-state index is 13.0. The first-order valence-corrected chi connectivity index (χ1v) is 7.26. The Hall–Kier alpha value is -2.21. The van der Waals surface area contributed by atoms with Crippen molar-refractivity contribution in [2.75, 3.05) is 19.7 Å². The lowest BCUT2D eigenvalue weighted by atomic mass is 10.1. The van der Waals surface area contributed by atoms with Crippen LogP contribution in [0.4, 0.5) is 4.39 Å². The third-order valence-electron chi connectivity index (χ3n) is 3.72. The van der Waals surface area contributed by atoms with Gasteiger partial charge in [0.25, 0.3) is 0 Å².